The highest BCUT2D eigenvalue weighted by Crippen LogP contribution is 2.27. The summed E-state index contributed by atoms with van der Waals surface area (Å²) in [5.41, 5.74) is 7.53. The van der Waals surface area contributed by atoms with Gasteiger partial charge in [0.1, 0.15) is 0 Å². The molecule has 5 heteroatoms. The quantitative estimate of drug-likeness (QED) is 0.749. The number of fused-ring (bicyclic) bond motifs is 1. The van der Waals surface area contributed by atoms with Crippen molar-refractivity contribution in [3.63, 3.8) is 0 Å². The number of nitrogens with zero attached hydrogens (tertiary/aromatic N) is 3. The number of pyridine rings is 2. The SMILES string of the molecule is Nc1ccnc(-n2ccc3ccncc32)c1Br. The summed E-state index contributed by atoms with van der Waals surface area (Å²) in [6.45, 7) is 0. The van der Waals surface area contributed by atoms with Gasteiger partial charge in [-0.05, 0) is 34.1 Å². The second-order valence-corrected chi connectivity index (χ2v) is 4.45. The maximum Gasteiger partial charge on any atom is 0.153 e. The highest BCUT2D eigenvalue weighted by molar-refractivity contribution is 9.10. The molecule has 2 N–H and O–H groups in total. The van der Waals surface area contributed by atoms with Crippen LogP contribution in [0.2, 0.25) is 0 Å². The Hall–Kier alpha value is -1.88. The fraction of sp³-hybridized carbons (Fsp3) is 0. The van der Waals surface area contributed by atoms with Gasteiger partial charge in [-0.15, -0.1) is 0 Å². The van der Waals surface area contributed by atoms with Gasteiger partial charge in [0.15, 0.2) is 5.82 Å². The van der Waals surface area contributed by atoms with E-state index in [2.05, 4.69) is 25.9 Å². The topological polar surface area (TPSA) is 56.7 Å². The van der Waals surface area contributed by atoms with Crippen LogP contribution in [0, 0.1) is 0 Å². The van der Waals surface area contributed by atoms with Crippen molar-refractivity contribution in [1.82, 2.24) is 14.5 Å². The molecule has 0 amide bonds. The van der Waals surface area contributed by atoms with Crippen molar-refractivity contribution < 1.29 is 0 Å². The molecule has 0 fully saturated rings. The molecule has 0 aliphatic heterocycles. The summed E-state index contributed by atoms with van der Waals surface area (Å²) in [5.74, 6) is 0.771. The zero-order valence-electron chi connectivity index (χ0n) is 8.84. The molecule has 3 aromatic rings. The molecule has 0 radical (unpaired) electrons. The average Bonchev–Trinajstić information content (AvgIpc) is 2.77. The lowest BCUT2D eigenvalue weighted by Crippen LogP contribution is -1.99. The summed E-state index contributed by atoms with van der Waals surface area (Å²) in [6, 6.07) is 5.75. The van der Waals surface area contributed by atoms with Gasteiger partial charge >= 0.3 is 0 Å². The molecule has 0 aliphatic carbocycles. The van der Waals surface area contributed by atoms with Crippen LogP contribution in [0.15, 0.2) is 47.5 Å². The van der Waals surface area contributed by atoms with Crippen LogP contribution >= 0.6 is 15.9 Å². The third-order valence-electron chi connectivity index (χ3n) is 2.62. The van der Waals surface area contributed by atoms with Crippen molar-refractivity contribution in [2.24, 2.45) is 0 Å². The minimum Gasteiger partial charge on any atom is -0.398 e. The Labute approximate surface area is 106 Å². The predicted octanol–water partition coefficient (Wildman–Crippen LogP) is 2.77. The summed E-state index contributed by atoms with van der Waals surface area (Å²) in [7, 11) is 0. The molecule has 0 unspecified atom stereocenters. The van der Waals surface area contributed by atoms with Crippen LogP contribution in [0.25, 0.3) is 16.7 Å². The van der Waals surface area contributed by atoms with E-state index in [1.54, 1.807) is 18.5 Å². The number of hydrogen-bond donors (Lipinski definition) is 1. The van der Waals surface area contributed by atoms with Crippen molar-refractivity contribution in [1.29, 1.82) is 0 Å². The molecule has 0 atom stereocenters. The van der Waals surface area contributed by atoms with Crippen LogP contribution in [0.4, 0.5) is 5.69 Å². The zero-order valence-corrected chi connectivity index (χ0v) is 10.4. The monoisotopic (exact) mass is 288 g/mol. The van der Waals surface area contributed by atoms with Gasteiger partial charge in [-0.25, -0.2) is 4.98 Å². The zero-order chi connectivity index (χ0) is 11.8. The molecule has 0 spiro atoms. The Morgan fingerprint density at radius 2 is 2.06 bits per heavy atom. The summed E-state index contributed by atoms with van der Waals surface area (Å²) < 4.78 is 2.75. The number of halogens is 1. The molecule has 17 heavy (non-hydrogen) atoms. The van der Waals surface area contributed by atoms with Crippen molar-refractivity contribution in [3.8, 4) is 5.82 Å². The summed E-state index contributed by atoms with van der Waals surface area (Å²) in [5, 5.41) is 1.12. The van der Waals surface area contributed by atoms with Gasteiger partial charge in [-0.3, -0.25) is 9.55 Å². The summed E-state index contributed by atoms with van der Waals surface area (Å²) >= 11 is 3.46. The Balaban J connectivity index is 2.31. The van der Waals surface area contributed by atoms with E-state index in [4.69, 9.17) is 5.73 Å². The molecule has 0 saturated heterocycles. The number of aromatic nitrogens is 3. The highest BCUT2D eigenvalue weighted by Gasteiger charge is 2.09. The van der Waals surface area contributed by atoms with E-state index in [1.165, 1.54) is 0 Å². The second-order valence-electron chi connectivity index (χ2n) is 3.66. The van der Waals surface area contributed by atoms with Gasteiger partial charge in [-0.2, -0.15) is 0 Å². The largest absolute Gasteiger partial charge is 0.398 e. The molecule has 0 bridgehead atoms. The average molecular weight is 289 g/mol. The van der Waals surface area contributed by atoms with Crippen molar-refractivity contribution in [2.45, 2.75) is 0 Å². The van der Waals surface area contributed by atoms with Crippen LogP contribution < -0.4 is 5.73 Å². The third kappa shape index (κ3) is 1.59. The van der Waals surface area contributed by atoms with Gasteiger partial charge in [0, 0.05) is 24.0 Å². The first-order valence-electron chi connectivity index (χ1n) is 5.09. The number of nitrogen functional groups attached to an aromatic ring is 1. The third-order valence-corrected chi connectivity index (χ3v) is 3.44. The van der Waals surface area contributed by atoms with Crippen LogP contribution in [-0.4, -0.2) is 14.5 Å². The molecular formula is C12H9BrN4. The smallest absolute Gasteiger partial charge is 0.153 e. The van der Waals surface area contributed by atoms with E-state index in [9.17, 15) is 0 Å². The fourth-order valence-electron chi connectivity index (χ4n) is 1.77. The number of nitrogens with two attached hydrogens (primary N) is 1. The lowest BCUT2D eigenvalue weighted by Gasteiger charge is -2.07. The lowest BCUT2D eigenvalue weighted by atomic mass is 10.3. The lowest BCUT2D eigenvalue weighted by molar-refractivity contribution is 1.03. The van der Waals surface area contributed by atoms with Crippen LogP contribution in [-0.2, 0) is 0 Å². The first-order valence-corrected chi connectivity index (χ1v) is 5.88. The minimum absolute atomic E-state index is 0.667. The van der Waals surface area contributed by atoms with Gasteiger partial charge in [0.25, 0.3) is 0 Å². The number of anilines is 1. The van der Waals surface area contributed by atoms with Gasteiger partial charge in [-0.1, -0.05) is 0 Å². The molecule has 4 nitrogen and oxygen atoms in total. The normalized spacial score (nSPS) is 10.9. The van der Waals surface area contributed by atoms with E-state index in [0.29, 0.717) is 5.69 Å². The van der Waals surface area contributed by atoms with Gasteiger partial charge < -0.3 is 5.73 Å². The van der Waals surface area contributed by atoms with Crippen molar-refractivity contribution in [3.05, 3.63) is 47.5 Å². The fourth-order valence-corrected chi connectivity index (χ4v) is 2.20. The van der Waals surface area contributed by atoms with E-state index >= 15 is 0 Å². The minimum atomic E-state index is 0.667. The standard InChI is InChI=1S/C12H9BrN4/c13-11-9(14)2-5-16-12(11)17-6-3-8-1-4-15-7-10(8)17/h1-7H,(H2,14,16). The highest BCUT2D eigenvalue weighted by atomic mass is 79.9. The van der Waals surface area contributed by atoms with Crippen LogP contribution in [0.3, 0.4) is 0 Å². The van der Waals surface area contributed by atoms with Gasteiger partial charge in [0.05, 0.1) is 21.9 Å². The molecule has 0 aromatic carbocycles. The van der Waals surface area contributed by atoms with Crippen LogP contribution in [0.1, 0.15) is 0 Å². The maximum atomic E-state index is 5.85. The number of hydrogen-bond acceptors (Lipinski definition) is 3. The molecule has 0 saturated carbocycles. The molecular weight excluding hydrogens is 280 g/mol. The van der Waals surface area contributed by atoms with Crippen molar-refractivity contribution >= 4 is 32.5 Å². The number of rotatable bonds is 1. The van der Waals surface area contributed by atoms with Crippen LogP contribution in [0.5, 0.6) is 0 Å². The van der Waals surface area contributed by atoms with E-state index in [0.717, 1.165) is 21.2 Å². The molecule has 3 aromatic heterocycles. The summed E-state index contributed by atoms with van der Waals surface area (Å²) in [4.78, 5) is 8.47. The summed E-state index contributed by atoms with van der Waals surface area (Å²) in [6.07, 6.45) is 7.23. The Bertz CT molecular complexity index is 690. The van der Waals surface area contributed by atoms with E-state index in [-0.39, 0.29) is 0 Å². The van der Waals surface area contributed by atoms with Crippen molar-refractivity contribution in [2.75, 3.05) is 5.73 Å². The van der Waals surface area contributed by atoms with Gasteiger partial charge in [0.2, 0.25) is 0 Å². The Morgan fingerprint density at radius 3 is 2.94 bits per heavy atom. The molecule has 84 valence electrons. The Kier molecular flexibility index (Phi) is 2.33. The maximum absolute atomic E-state index is 5.85. The molecule has 3 rings (SSSR count). The first kappa shape index (κ1) is 10.3. The molecule has 0 aliphatic rings. The van der Waals surface area contributed by atoms with E-state index < -0.39 is 0 Å². The van der Waals surface area contributed by atoms with E-state index in [1.807, 2.05) is 29.1 Å². The first-order chi connectivity index (χ1) is 8.27. The predicted molar refractivity (Wildman–Crippen MR) is 71.0 cm³/mol. The molecule has 3 heterocycles. The second kappa shape index (κ2) is 3.85. The Morgan fingerprint density at radius 1 is 1.18 bits per heavy atom.